The molecule has 5 aromatic carbocycles. The standard InChI is InChI=1S/C42H32N8/c43-37-17-3-5-19-39(37)47-45-29-11-9-13-33(27-29)49(34-14-10-12-30(28-34)46-48-40-20-6-4-18-38(40)44)31-23-25-32(26-24-31)50-41-21-7-1-15-35(41)36-16-2-8-22-42(36)50/h1-28,43-46H/b43-37?,44-38?,47-39-,48-40-. The van der Waals surface area contributed by atoms with Crippen LogP contribution >= 0.6 is 0 Å². The van der Waals surface area contributed by atoms with Gasteiger partial charge in [0.15, 0.2) is 0 Å². The number of hydrazone groups is 2. The summed E-state index contributed by atoms with van der Waals surface area (Å²) in [5.41, 5.74) is 15.9. The number of hydrogen-bond acceptors (Lipinski definition) is 7. The first-order valence-electron chi connectivity index (χ1n) is 16.3. The lowest BCUT2D eigenvalue weighted by Gasteiger charge is -2.26. The molecule has 8 rings (SSSR count). The summed E-state index contributed by atoms with van der Waals surface area (Å²) in [4.78, 5) is 2.18. The third kappa shape index (κ3) is 5.93. The molecule has 0 spiro atoms. The lowest BCUT2D eigenvalue weighted by molar-refractivity contribution is 1.17. The van der Waals surface area contributed by atoms with Gasteiger partial charge >= 0.3 is 0 Å². The molecule has 0 aliphatic heterocycles. The van der Waals surface area contributed by atoms with Gasteiger partial charge in [-0.2, -0.15) is 10.2 Å². The van der Waals surface area contributed by atoms with E-state index in [0.717, 1.165) is 45.2 Å². The van der Waals surface area contributed by atoms with Crippen molar-refractivity contribution in [3.63, 3.8) is 0 Å². The summed E-state index contributed by atoms with van der Waals surface area (Å²) in [5, 5.41) is 27.8. The third-order valence-corrected chi connectivity index (χ3v) is 8.57. The molecule has 2 aliphatic rings. The molecule has 1 heterocycles. The minimum atomic E-state index is 0.351. The van der Waals surface area contributed by atoms with Crippen molar-refractivity contribution in [2.75, 3.05) is 15.8 Å². The maximum Gasteiger partial charge on any atom is 0.108 e. The molecule has 50 heavy (non-hydrogen) atoms. The van der Waals surface area contributed by atoms with E-state index >= 15 is 0 Å². The Hall–Kier alpha value is -7.06. The Morgan fingerprint density at radius 2 is 0.960 bits per heavy atom. The van der Waals surface area contributed by atoms with Crippen LogP contribution in [0, 0.1) is 10.8 Å². The maximum absolute atomic E-state index is 8.18. The van der Waals surface area contributed by atoms with Crippen LogP contribution in [0.4, 0.5) is 28.4 Å². The molecular weight excluding hydrogens is 617 g/mol. The van der Waals surface area contributed by atoms with Gasteiger partial charge in [0.2, 0.25) is 0 Å². The second kappa shape index (κ2) is 13.2. The van der Waals surface area contributed by atoms with E-state index in [1.54, 1.807) is 12.2 Å². The van der Waals surface area contributed by atoms with E-state index in [1.165, 1.54) is 10.8 Å². The largest absolute Gasteiger partial charge is 0.310 e. The molecule has 0 unspecified atom stereocenters. The summed E-state index contributed by atoms with van der Waals surface area (Å²) in [6.07, 6.45) is 14.5. The van der Waals surface area contributed by atoms with Crippen LogP contribution in [0.1, 0.15) is 0 Å². The molecule has 1 aromatic heterocycles. The van der Waals surface area contributed by atoms with Crippen molar-refractivity contribution in [3.05, 3.63) is 170 Å². The Morgan fingerprint density at radius 3 is 1.46 bits per heavy atom. The van der Waals surface area contributed by atoms with E-state index in [2.05, 4.69) is 115 Å². The fourth-order valence-corrected chi connectivity index (χ4v) is 6.22. The number of rotatable bonds is 8. The number of hydrogen-bond donors (Lipinski definition) is 4. The molecule has 0 bridgehead atoms. The number of allylic oxidation sites excluding steroid dienone is 8. The summed E-state index contributed by atoms with van der Waals surface area (Å²) in [6, 6.07) is 41.7. The van der Waals surface area contributed by atoms with Crippen LogP contribution in [-0.4, -0.2) is 27.4 Å². The summed E-state index contributed by atoms with van der Waals surface area (Å²) in [6.45, 7) is 0. The van der Waals surface area contributed by atoms with Gasteiger partial charge in [0.1, 0.15) is 11.4 Å². The fourth-order valence-electron chi connectivity index (χ4n) is 6.22. The van der Waals surface area contributed by atoms with Gasteiger partial charge in [0, 0.05) is 33.5 Å². The van der Waals surface area contributed by atoms with E-state index < -0.39 is 0 Å². The highest BCUT2D eigenvalue weighted by atomic mass is 15.3. The van der Waals surface area contributed by atoms with Crippen molar-refractivity contribution in [3.8, 4) is 5.69 Å². The summed E-state index contributed by atoms with van der Waals surface area (Å²) in [5.74, 6) is 0. The lowest BCUT2D eigenvalue weighted by Crippen LogP contribution is -2.13. The van der Waals surface area contributed by atoms with E-state index in [9.17, 15) is 0 Å². The SMILES string of the molecule is N=C1C=CC=C/C1=N/Nc1cccc(N(c2ccc(-n3c4ccccc4c4ccccc43)cc2)c2cccc(N/N=C3/C=CC=CC3=N)c2)c1. The van der Waals surface area contributed by atoms with Gasteiger partial charge in [0.25, 0.3) is 0 Å². The highest BCUT2D eigenvalue weighted by Gasteiger charge is 2.16. The quantitative estimate of drug-likeness (QED) is 0.0975. The summed E-state index contributed by atoms with van der Waals surface area (Å²) < 4.78 is 2.31. The molecule has 0 saturated heterocycles. The summed E-state index contributed by atoms with van der Waals surface area (Å²) in [7, 11) is 0. The molecule has 0 amide bonds. The molecule has 0 atom stereocenters. The average molecular weight is 649 g/mol. The number of para-hydroxylation sites is 2. The zero-order valence-electron chi connectivity index (χ0n) is 27.0. The Morgan fingerprint density at radius 1 is 0.480 bits per heavy atom. The molecular formula is C42H32N8. The van der Waals surface area contributed by atoms with E-state index in [-0.39, 0.29) is 0 Å². The molecule has 4 N–H and O–H groups in total. The van der Waals surface area contributed by atoms with Gasteiger partial charge in [-0.25, -0.2) is 0 Å². The van der Waals surface area contributed by atoms with Crippen molar-refractivity contribution in [1.29, 1.82) is 10.8 Å². The van der Waals surface area contributed by atoms with Gasteiger partial charge in [-0.3, -0.25) is 21.7 Å². The molecule has 8 nitrogen and oxygen atoms in total. The molecule has 0 saturated carbocycles. The van der Waals surface area contributed by atoms with Gasteiger partial charge in [-0.15, -0.1) is 0 Å². The smallest absolute Gasteiger partial charge is 0.108 e. The summed E-state index contributed by atoms with van der Waals surface area (Å²) >= 11 is 0. The number of benzene rings is 5. The van der Waals surface area contributed by atoms with Crippen LogP contribution in [-0.2, 0) is 0 Å². The van der Waals surface area contributed by atoms with Crippen LogP contribution in [0.5, 0.6) is 0 Å². The number of nitrogens with one attached hydrogen (secondary N) is 4. The van der Waals surface area contributed by atoms with Crippen LogP contribution in [0.3, 0.4) is 0 Å². The van der Waals surface area contributed by atoms with Crippen LogP contribution < -0.4 is 15.8 Å². The predicted octanol–water partition coefficient (Wildman–Crippen LogP) is 10.1. The first kappa shape index (κ1) is 30.3. The topological polar surface area (TPSA) is 105 Å². The second-order valence-electron chi connectivity index (χ2n) is 11.8. The van der Waals surface area contributed by atoms with E-state index in [1.807, 2.05) is 72.9 Å². The average Bonchev–Trinajstić information content (AvgIpc) is 3.49. The van der Waals surface area contributed by atoms with Gasteiger partial charge in [-0.1, -0.05) is 72.8 Å². The second-order valence-corrected chi connectivity index (χ2v) is 11.8. The van der Waals surface area contributed by atoms with E-state index in [0.29, 0.717) is 22.8 Å². The van der Waals surface area contributed by atoms with Crippen LogP contribution in [0.2, 0.25) is 0 Å². The highest BCUT2D eigenvalue weighted by molar-refractivity contribution is 6.50. The molecule has 0 radical (unpaired) electrons. The molecule has 0 fully saturated rings. The Kier molecular flexibility index (Phi) is 8.00. The number of aromatic nitrogens is 1. The highest BCUT2D eigenvalue weighted by Crippen LogP contribution is 2.38. The fraction of sp³-hybridized carbons (Fsp3) is 0. The van der Waals surface area contributed by atoms with Gasteiger partial charge in [-0.05, 0) is 97.1 Å². The van der Waals surface area contributed by atoms with Crippen molar-refractivity contribution < 1.29 is 0 Å². The van der Waals surface area contributed by atoms with Crippen molar-refractivity contribution in [1.82, 2.24) is 4.57 Å². The molecule has 6 aromatic rings. The normalized spacial score (nSPS) is 15.4. The Balaban J connectivity index is 1.19. The zero-order valence-corrected chi connectivity index (χ0v) is 27.0. The van der Waals surface area contributed by atoms with E-state index in [4.69, 9.17) is 10.8 Å². The zero-order chi connectivity index (χ0) is 33.9. The Labute approximate surface area is 289 Å². The minimum Gasteiger partial charge on any atom is -0.310 e. The number of nitrogens with zero attached hydrogens (tertiary/aromatic N) is 4. The van der Waals surface area contributed by atoms with Crippen molar-refractivity contribution in [2.24, 2.45) is 10.2 Å². The number of anilines is 5. The molecule has 8 heteroatoms. The van der Waals surface area contributed by atoms with Crippen LogP contribution in [0.15, 0.2) is 180 Å². The molecule has 240 valence electrons. The third-order valence-electron chi connectivity index (χ3n) is 8.57. The first-order chi connectivity index (χ1) is 24.6. The maximum atomic E-state index is 8.18. The van der Waals surface area contributed by atoms with Gasteiger partial charge in [0.05, 0.1) is 33.8 Å². The van der Waals surface area contributed by atoms with Gasteiger partial charge < -0.3 is 9.47 Å². The van der Waals surface area contributed by atoms with Crippen molar-refractivity contribution >= 4 is 73.1 Å². The lowest BCUT2D eigenvalue weighted by atomic mass is 10.1. The molecule has 2 aliphatic carbocycles. The van der Waals surface area contributed by atoms with Crippen molar-refractivity contribution in [2.45, 2.75) is 0 Å². The first-order valence-corrected chi connectivity index (χ1v) is 16.3. The Bertz CT molecular complexity index is 2320. The minimum absolute atomic E-state index is 0.351. The predicted molar refractivity (Wildman–Crippen MR) is 210 cm³/mol. The monoisotopic (exact) mass is 648 g/mol. The number of fused-ring (bicyclic) bond motifs is 3. The van der Waals surface area contributed by atoms with Crippen LogP contribution in [0.25, 0.3) is 27.5 Å².